The Kier molecular flexibility index (Phi) is 4.92. The van der Waals surface area contributed by atoms with Crippen LogP contribution < -0.4 is 5.32 Å². The van der Waals surface area contributed by atoms with E-state index < -0.39 is 11.6 Å². The van der Waals surface area contributed by atoms with Gasteiger partial charge in [0.15, 0.2) is 11.6 Å². The van der Waals surface area contributed by atoms with Gasteiger partial charge in [-0.2, -0.15) is 0 Å². The lowest BCUT2D eigenvalue weighted by atomic mass is 9.84. The first kappa shape index (κ1) is 19.7. The zero-order valence-electron chi connectivity index (χ0n) is 16.7. The molecule has 0 radical (unpaired) electrons. The third-order valence-electron chi connectivity index (χ3n) is 6.04. The Morgan fingerprint density at radius 3 is 2.45 bits per heavy atom. The Morgan fingerprint density at radius 1 is 1.00 bits per heavy atom. The minimum Gasteiger partial charge on any atom is -0.340 e. The number of anilines is 2. The number of benzene rings is 2. The van der Waals surface area contributed by atoms with Gasteiger partial charge < -0.3 is 14.8 Å². The second-order valence-corrected chi connectivity index (χ2v) is 8.03. The van der Waals surface area contributed by atoms with Crippen molar-refractivity contribution in [1.29, 1.82) is 0 Å². The first-order chi connectivity index (χ1) is 15.0. The van der Waals surface area contributed by atoms with Gasteiger partial charge in [0, 0.05) is 36.3 Å². The van der Waals surface area contributed by atoms with Crippen LogP contribution in [-0.2, 0) is 17.9 Å². The summed E-state index contributed by atoms with van der Waals surface area (Å²) in [5, 5.41) is 3.15. The van der Waals surface area contributed by atoms with Gasteiger partial charge in [0.05, 0.1) is 6.54 Å². The van der Waals surface area contributed by atoms with E-state index in [0.717, 1.165) is 31.4 Å². The Labute approximate surface area is 177 Å². The van der Waals surface area contributed by atoms with E-state index in [1.165, 1.54) is 18.2 Å². The fraction of sp³-hybridized carbons (Fsp3) is 0.304. The number of imidazole rings is 1. The van der Waals surface area contributed by atoms with Crippen molar-refractivity contribution in [3.63, 3.8) is 0 Å². The molecule has 3 aromatic rings. The lowest BCUT2D eigenvalue weighted by Crippen LogP contribution is -2.43. The third kappa shape index (κ3) is 3.66. The molecule has 2 aromatic carbocycles. The van der Waals surface area contributed by atoms with Crippen molar-refractivity contribution in [3.8, 4) is 11.3 Å². The van der Waals surface area contributed by atoms with E-state index in [2.05, 4.69) is 5.32 Å². The zero-order chi connectivity index (χ0) is 21.5. The molecule has 1 aliphatic carbocycles. The molecule has 160 valence electrons. The molecule has 1 aliphatic heterocycles. The van der Waals surface area contributed by atoms with E-state index in [1.54, 1.807) is 12.1 Å². The van der Waals surface area contributed by atoms with Crippen LogP contribution in [0.1, 0.15) is 25.1 Å². The summed E-state index contributed by atoms with van der Waals surface area (Å²) in [5.41, 5.74) is 1.63. The summed E-state index contributed by atoms with van der Waals surface area (Å²) in [4.78, 5) is 19.3. The van der Waals surface area contributed by atoms with Gasteiger partial charge in [-0.3, -0.25) is 4.79 Å². The van der Waals surface area contributed by atoms with Crippen molar-refractivity contribution in [2.45, 2.75) is 32.4 Å². The quantitative estimate of drug-likeness (QED) is 0.649. The number of carbonyl (C=O) groups is 1. The van der Waals surface area contributed by atoms with Crippen molar-refractivity contribution >= 4 is 17.4 Å². The number of hydrogen-bond donors (Lipinski definition) is 1. The standard InChI is InChI=1S/C23H21F3N4O/c24-16-6-4-14(5-7-16)21-22(27-17-8-9-18(25)19(26)12-17)30-11-10-29(13-20(30)28-21)23(31)15-2-1-3-15/h4-9,12,15,27H,1-3,10-11,13H2. The highest BCUT2D eigenvalue weighted by Gasteiger charge is 2.33. The lowest BCUT2D eigenvalue weighted by Gasteiger charge is -2.34. The van der Waals surface area contributed by atoms with E-state index in [1.807, 2.05) is 9.47 Å². The van der Waals surface area contributed by atoms with Crippen LogP contribution in [0.5, 0.6) is 0 Å². The molecular formula is C23H21F3N4O. The average Bonchev–Trinajstić information content (AvgIpc) is 3.07. The summed E-state index contributed by atoms with van der Waals surface area (Å²) in [5.74, 6) is -0.669. The van der Waals surface area contributed by atoms with Gasteiger partial charge in [0.1, 0.15) is 23.2 Å². The number of fused-ring (bicyclic) bond motifs is 1. The van der Waals surface area contributed by atoms with E-state index >= 15 is 0 Å². The fourth-order valence-corrected chi connectivity index (χ4v) is 4.08. The topological polar surface area (TPSA) is 50.2 Å². The molecule has 1 fully saturated rings. The number of nitrogens with zero attached hydrogens (tertiary/aromatic N) is 3. The molecule has 2 heterocycles. The van der Waals surface area contributed by atoms with Crippen LogP contribution >= 0.6 is 0 Å². The van der Waals surface area contributed by atoms with Gasteiger partial charge in [0.2, 0.25) is 5.91 Å². The molecule has 0 saturated heterocycles. The van der Waals surface area contributed by atoms with Crippen molar-refractivity contribution in [3.05, 3.63) is 65.7 Å². The van der Waals surface area contributed by atoms with Crippen LogP contribution in [0, 0.1) is 23.4 Å². The molecule has 31 heavy (non-hydrogen) atoms. The van der Waals surface area contributed by atoms with Gasteiger partial charge in [-0.1, -0.05) is 6.42 Å². The predicted molar refractivity (Wildman–Crippen MR) is 110 cm³/mol. The molecule has 1 saturated carbocycles. The first-order valence-corrected chi connectivity index (χ1v) is 10.4. The Bertz CT molecular complexity index is 1140. The van der Waals surface area contributed by atoms with Crippen LogP contribution in [0.4, 0.5) is 24.7 Å². The second kappa shape index (κ2) is 7.76. The molecule has 0 atom stereocenters. The van der Waals surface area contributed by atoms with Crippen LogP contribution in [0.25, 0.3) is 11.3 Å². The van der Waals surface area contributed by atoms with Crippen LogP contribution in [0.2, 0.25) is 0 Å². The number of amides is 1. The third-order valence-corrected chi connectivity index (χ3v) is 6.04. The SMILES string of the molecule is O=C(C1CCC1)N1CCn2c(nc(-c3ccc(F)cc3)c2Nc2ccc(F)c(F)c2)C1. The summed E-state index contributed by atoms with van der Waals surface area (Å²) in [6.45, 7) is 1.45. The van der Waals surface area contributed by atoms with Crippen molar-refractivity contribution in [2.75, 3.05) is 11.9 Å². The van der Waals surface area contributed by atoms with Crippen LogP contribution in [-0.4, -0.2) is 26.9 Å². The summed E-state index contributed by atoms with van der Waals surface area (Å²) >= 11 is 0. The zero-order valence-corrected chi connectivity index (χ0v) is 16.7. The molecule has 0 bridgehead atoms. The minimum atomic E-state index is -0.955. The molecule has 0 unspecified atom stereocenters. The fourth-order valence-electron chi connectivity index (χ4n) is 4.08. The molecule has 1 N–H and O–H groups in total. The van der Waals surface area contributed by atoms with Gasteiger partial charge in [-0.15, -0.1) is 0 Å². The van der Waals surface area contributed by atoms with Crippen molar-refractivity contribution in [2.24, 2.45) is 5.92 Å². The van der Waals surface area contributed by atoms with Crippen LogP contribution in [0.15, 0.2) is 42.5 Å². The molecule has 1 aromatic heterocycles. The maximum Gasteiger partial charge on any atom is 0.226 e. The number of nitrogens with one attached hydrogen (secondary N) is 1. The lowest BCUT2D eigenvalue weighted by molar-refractivity contribution is -0.139. The highest BCUT2D eigenvalue weighted by Crippen LogP contribution is 2.35. The Hall–Kier alpha value is -3.29. The largest absolute Gasteiger partial charge is 0.340 e. The van der Waals surface area contributed by atoms with Gasteiger partial charge >= 0.3 is 0 Å². The number of carbonyl (C=O) groups excluding carboxylic acids is 1. The van der Waals surface area contributed by atoms with Gasteiger partial charge in [-0.25, -0.2) is 18.2 Å². The van der Waals surface area contributed by atoms with E-state index in [4.69, 9.17) is 4.98 Å². The highest BCUT2D eigenvalue weighted by molar-refractivity contribution is 5.80. The van der Waals surface area contributed by atoms with E-state index in [9.17, 15) is 18.0 Å². The maximum absolute atomic E-state index is 13.7. The van der Waals surface area contributed by atoms with Crippen molar-refractivity contribution in [1.82, 2.24) is 14.5 Å². The maximum atomic E-state index is 13.7. The molecule has 5 rings (SSSR count). The average molecular weight is 426 g/mol. The molecule has 0 spiro atoms. The summed E-state index contributed by atoms with van der Waals surface area (Å²) in [6.07, 6.45) is 2.97. The number of rotatable bonds is 4. The smallest absolute Gasteiger partial charge is 0.226 e. The molecule has 8 heteroatoms. The van der Waals surface area contributed by atoms with Crippen molar-refractivity contribution < 1.29 is 18.0 Å². The number of aromatic nitrogens is 2. The normalized spacial score (nSPS) is 16.0. The molecule has 1 amide bonds. The van der Waals surface area contributed by atoms with Gasteiger partial charge in [0.25, 0.3) is 0 Å². The van der Waals surface area contributed by atoms with Gasteiger partial charge in [-0.05, 0) is 49.2 Å². The first-order valence-electron chi connectivity index (χ1n) is 10.4. The Morgan fingerprint density at radius 2 is 1.77 bits per heavy atom. The second-order valence-electron chi connectivity index (χ2n) is 8.03. The minimum absolute atomic E-state index is 0.109. The molecule has 5 nitrogen and oxygen atoms in total. The monoisotopic (exact) mass is 426 g/mol. The number of halogens is 3. The van der Waals surface area contributed by atoms with E-state index in [0.29, 0.717) is 48.2 Å². The molecular weight excluding hydrogens is 405 g/mol. The van der Waals surface area contributed by atoms with E-state index in [-0.39, 0.29) is 17.6 Å². The number of hydrogen-bond acceptors (Lipinski definition) is 3. The molecule has 2 aliphatic rings. The highest BCUT2D eigenvalue weighted by atomic mass is 19.2. The van der Waals surface area contributed by atoms with Crippen LogP contribution in [0.3, 0.4) is 0 Å². The predicted octanol–water partition coefficient (Wildman–Crippen LogP) is 4.85. The summed E-state index contributed by atoms with van der Waals surface area (Å²) < 4.78 is 42.5. The summed E-state index contributed by atoms with van der Waals surface area (Å²) in [7, 11) is 0. The Balaban J connectivity index is 1.52. The summed E-state index contributed by atoms with van der Waals surface area (Å²) in [6, 6.07) is 9.53.